The Labute approximate surface area is 558 Å². The van der Waals surface area contributed by atoms with E-state index in [0.29, 0.717) is 66.8 Å². The zero-order valence-corrected chi connectivity index (χ0v) is 57.9. The Bertz CT molecular complexity index is 4550. The minimum Gasteiger partial charge on any atom is -0.456 e. The van der Waals surface area contributed by atoms with E-state index in [-0.39, 0.29) is 32.7 Å². The van der Waals surface area contributed by atoms with E-state index in [2.05, 4.69) is 0 Å². The first-order valence-electron chi connectivity index (χ1n) is 32.9. The number of halogens is 6. The van der Waals surface area contributed by atoms with Crippen molar-refractivity contribution in [1.29, 1.82) is 0 Å². The zero-order chi connectivity index (χ0) is 68.8. The van der Waals surface area contributed by atoms with Crippen molar-refractivity contribution in [3.63, 3.8) is 0 Å². The second-order valence-electron chi connectivity index (χ2n) is 27.6. The maximum absolute atomic E-state index is 18.9. The molecule has 96 heavy (non-hydrogen) atoms. The van der Waals surface area contributed by atoms with Crippen molar-refractivity contribution in [3.05, 3.63) is 273 Å². The second kappa shape index (κ2) is 23.3. The Balaban J connectivity index is 1.23. The number of para-hydroxylation sites is 3. The highest BCUT2D eigenvalue weighted by Gasteiger charge is 2.60. The van der Waals surface area contributed by atoms with Gasteiger partial charge in [0, 0.05) is 69.0 Å². The molecule has 0 amide bonds. The molecule has 10 aromatic rings. The van der Waals surface area contributed by atoms with Gasteiger partial charge in [-0.15, -0.1) is 0 Å². The van der Waals surface area contributed by atoms with Gasteiger partial charge in [0.05, 0.1) is 0 Å². The van der Waals surface area contributed by atoms with Gasteiger partial charge in [0.25, 0.3) is 0 Å². The molecule has 0 atom stereocenters. The van der Waals surface area contributed by atoms with Gasteiger partial charge in [-0.1, -0.05) is 161 Å². The van der Waals surface area contributed by atoms with Crippen LogP contribution in [-0.2, 0) is 0 Å². The third kappa shape index (κ3) is 10.8. The van der Waals surface area contributed by atoms with Crippen molar-refractivity contribution < 1.29 is 25.9 Å². The average molecular weight is 1290 g/mol. The van der Waals surface area contributed by atoms with Crippen molar-refractivity contribution >= 4 is 56.8 Å². The van der Waals surface area contributed by atoms with Gasteiger partial charge in [-0.25, -0.2) is 0 Å². The van der Waals surface area contributed by atoms with Crippen LogP contribution in [-0.4, -0.2) is 21.1 Å². The molecule has 13 rings (SSSR count). The molecule has 15 heteroatoms. The van der Waals surface area contributed by atoms with Crippen LogP contribution >= 0.6 is 0 Å². The lowest BCUT2D eigenvalue weighted by Crippen LogP contribution is -2.74. The van der Waals surface area contributed by atoms with Crippen molar-refractivity contribution in [2.75, 3.05) is 14.4 Å². The summed E-state index contributed by atoms with van der Waals surface area (Å²) in [6, 6.07) is 40.2. The van der Waals surface area contributed by atoms with Crippen molar-refractivity contribution in [2.45, 2.75) is 125 Å². The van der Waals surface area contributed by atoms with Crippen LogP contribution in [0, 0.1) is 125 Å². The molecule has 3 aliphatic rings. The van der Waals surface area contributed by atoms with E-state index in [4.69, 9.17) is 13.0 Å². The molecular formula is C81H78B3F6N3O3. The molecule has 0 spiro atoms. The number of hydrogen-bond acceptors (Lipinski definition) is 3. The van der Waals surface area contributed by atoms with Gasteiger partial charge in [0.1, 0.15) is 0 Å². The van der Waals surface area contributed by atoms with E-state index in [9.17, 15) is 0 Å². The van der Waals surface area contributed by atoms with Crippen molar-refractivity contribution in [2.24, 2.45) is 0 Å². The lowest BCUT2D eigenvalue weighted by Gasteiger charge is -2.34. The van der Waals surface area contributed by atoms with Gasteiger partial charge in [-0.3, -0.25) is 0 Å². The summed E-state index contributed by atoms with van der Waals surface area (Å²) in [6.45, 7) is 35.0. The molecule has 10 aromatic carbocycles. The molecule has 6 nitrogen and oxygen atoms in total. The number of rotatable bonds is 9. The van der Waals surface area contributed by atoms with Crippen LogP contribution in [0.4, 0.5) is 43.0 Å². The summed E-state index contributed by atoms with van der Waals surface area (Å²) in [7, 11) is -16.0. The highest BCUT2D eigenvalue weighted by molar-refractivity contribution is 6.76. The van der Waals surface area contributed by atoms with Gasteiger partial charge < -0.3 is 53.4 Å². The van der Waals surface area contributed by atoms with E-state index in [1.807, 2.05) is 216 Å². The minimum absolute atomic E-state index is 0.0395. The van der Waals surface area contributed by atoms with E-state index in [1.165, 1.54) is 0 Å². The molecule has 0 N–H and O–H groups in total. The summed E-state index contributed by atoms with van der Waals surface area (Å²) in [5.74, 6) is 0. The molecule has 3 heterocycles. The first-order chi connectivity index (χ1) is 45.2. The molecule has 3 aliphatic heterocycles. The lowest BCUT2D eigenvalue weighted by molar-refractivity contribution is 0.613. The molecule has 0 radical (unpaired) electrons. The van der Waals surface area contributed by atoms with Crippen LogP contribution in [0.15, 0.2) is 140 Å². The highest BCUT2D eigenvalue weighted by atomic mass is 19.3. The summed E-state index contributed by atoms with van der Waals surface area (Å²) >= 11 is 0. The predicted octanol–water partition coefficient (Wildman–Crippen LogP) is 18.0. The van der Waals surface area contributed by atoms with E-state index in [1.54, 1.807) is 36.4 Å². The number of benzene rings is 10. The average Bonchev–Trinajstić information content (AvgIpc) is 0.701. The van der Waals surface area contributed by atoms with Gasteiger partial charge in [0.2, 0.25) is 0 Å². The van der Waals surface area contributed by atoms with E-state index >= 15 is 25.9 Å². The van der Waals surface area contributed by atoms with Crippen LogP contribution in [0.3, 0.4) is 0 Å². The summed E-state index contributed by atoms with van der Waals surface area (Å²) in [5, 5.41) is -1.01. The Hall–Kier alpha value is -9.62. The van der Waals surface area contributed by atoms with Crippen LogP contribution in [0.1, 0.15) is 100 Å². The molecule has 0 unspecified atom stereocenters. The molecule has 0 saturated carbocycles. The Morgan fingerprint density at radius 3 is 0.531 bits per heavy atom. The number of anilines is 3. The molecular weight excluding hydrogens is 1210 g/mol. The monoisotopic (exact) mass is 1290 g/mol. The summed E-state index contributed by atoms with van der Waals surface area (Å²) in [6.07, 6.45) is 3.37. The van der Waals surface area contributed by atoms with Crippen molar-refractivity contribution in [1.82, 2.24) is 0 Å². The highest BCUT2D eigenvalue weighted by Crippen LogP contribution is 2.51. The van der Waals surface area contributed by atoms with Gasteiger partial charge in [0.15, 0.2) is 15.7 Å². The molecule has 0 fully saturated rings. The molecule has 486 valence electrons. The van der Waals surface area contributed by atoms with Crippen LogP contribution in [0.2, 0.25) is 0 Å². The third-order valence-corrected chi connectivity index (χ3v) is 19.6. The third-order valence-electron chi connectivity index (χ3n) is 19.6. The minimum atomic E-state index is -5.33. The number of aryl methyl sites for hydroxylation is 18. The van der Waals surface area contributed by atoms with Crippen LogP contribution < -0.4 is 46.4 Å². The second-order valence-corrected chi connectivity index (χ2v) is 27.6. The Morgan fingerprint density at radius 1 is 0.240 bits per heavy atom. The van der Waals surface area contributed by atoms with E-state index < -0.39 is 37.4 Å². The topological polar surface area (TPSA) is 43.6 Å². The number of hydrogen-bond donors (Lipinski definition) is 0. The van der Waals surface area contributed by atoms with E-state index in [0.717, 1.165) is 133 Å². The normalized spacial score (nSPS) is 14.9. The quantitative estimate of drug-likeness (QED) is 0.0822. The Kier molecular flexibility index (Phi) is 15.8. The molecule has 0 aliphatic carbocycles. The summed E-state index contributed by atoms with van der Waals surface area (Å²) in [5.41, 5.74) is 20.4. The first kappa shape index (κ1) is 65.1. The summed E-state index contributed by atoms with van der Waals surface area (Å²) < 4.78 is 132. The van der Waals surface area contributed by atoms with Crippen LogP contribution in [0.25, 0.3) is 85.4 Å². The number of fused-ring (bicyclic) bond motifs is 6. The molecule has 0 aromatic heterocycles. The SMILES string of the molecule is Cc1cc(C)c(-c2cccc(-c3c(C)cc(C)cc3C)c2N2C=c3c(c4c(c5c3=[O+][B-](F)(F)N(c3c(-c6c(C)cc(C)cc6C)cccc3-c3c(C)cc(C)cc3C)C=5)=[O+][B-](F)(F)N(c3c(-c5c(C)cc(C)cc5C)cccc3-c3c(C)cc(C)cc3C)C=4)=[O+][B-]2(F)F)c(C)c1. The molecule has 0 saturated heterocycles. The zero-order valence-electron chi connectivity index (χ0n) is 57.9. The fourth-order valence-electron chi connectivity index (χ4n) is 16.7. The standard InChI is InChI=1S/C81H78B3F6N3O3/c1-43-28-49(7)70(50(8)29-43)61-22-19-23-62(71-51(9)30-44(2)31-52(71)10)76(61)91-40-67-79(94-82(91,85)86)68-41-92(77-63(72-53(11)32-45(3)33-54(72)12)24-20-25-64(77)73-55(13)34-46(4)35-56(73)14)84(89,90)96-81(68)69-42-93(83(87,88)95-80(67)69)78-65(74-57(15)36-47(5)37-58(74)16)26-21-27-66(78)75-59(17)38-48(6)39-60(75)18/h19-42H,1-18H3. The van der Waals surface area contributed by atoms with Crippen molar-refractivity contribution in [3.8, 4) is 66.8 Å². The molecule has 0 bridgehead atoms. The maximum Gasteiger partial charge on any atom is 0.891 e. The fraction of sp³-hybridized carbons (Fsp3) is 0.222. The van der Waals surface area contributed by atoms with Gasteiger partial charge in [-0.2, -0.15) is 0 Å². The van der Waals surface area contributed by atoms with Gasteiger partial charge in [-0.05, 0) is 225 Å². The smallest absolute Gasteiger partial charge is 0.456 e. The largest absolute Gasteiger partial charge is 0.891 e. The summed E-state index contributed by atoms with van der Waals surface area (Å²) in [4.78, 5) is 2.28. The number of nitrogens with zero attached hydrogens (tertiary/aromatic N) is 3. The maximum atomic E-state index is 18.9. The van der Waals surface area contributed by atoms with Gasteiger partial charge >= 0.3 is 37.4 Å². The predicted molar refractivity (Wildman–Crippen MR) is 393 cm³/mol. The Morgan fingerprint density at radius 2 is 0.385 bits per heavy atom. The lowest BCUT2D eigenvalue weighted by atomic mass is 9.84. The fourth-order valence-corrected chi connectivity index (χ4v) is 16.7. The first-order valence-corrected chi connectivity index (χ1v) is 32.9. The van der Waals surface area contributed by atoms with Crippen LogP contribution in [0.5, 0.6) is 0 Å².